The monoisotopic (exact) mass is 235 g/mol. The highest BCUT2D eigenvalue weighted by atomic mass is 15.1. The fourth-order valence-electron chi connectivity index (χ4n) is 1.85. The molecule has 3 nitrogen and oxygen atoms in total. The van der Waals surface area contributed by atoms with Crippen LogP contribution in [-0.4, -0.2) is 42.6 Å². The second-order valence-corrected chi connectivity index (χ2v) is 4.20. The summed E-state index contributed by atoms with van der Waals surface area (Å²) in [6.45, 7) is 10.1. The van der Waals surface area contributed by atoms with Crippen LogP contribution in [0.4, 0.5) is 0 Å². The molecule has 1 aromatic rings. The Morgan fingerprint density at radius 1 is 1.18 bits per heavy atom. The van der Waals surface area contributed by atoms with Gasteiger partial charge in [-0.3, -0.25) is 4.98 Å². The van der Waals surface area contributed by atoms with Gasteiger partial charge >= 0.3 is 0 Å². The van der Waals surface area contributed by atoms with Crippen molar-refractivity contribution in [2.75, 3.05) is 32.7 Å². The number of rotatable bonds is 9. The zero-order chi connectivity index (χ0) is 12.3. The fourth-order valence-corrected chi connectivity index (χ4v) is 1.85. The Labute approximate surface area is 105 Å². The van der Waals surface area contributed by atoms with Gasteiger partial charge in [-0.25, -0.2) is 0 Å². The molecule has 0 aliphatic heterocycles. The van der Waals surface area contributed by atoms with Crippen LogP contribution in [0.25, 0.3) is 0 Å². The summed E-state index contributed by atoms with van der Waals surface area (Å²) in [5.41, 5.74) is 1.17. The van der Waals surface area contributed by atoms with Crippen molar-refractivity contribution >= 4 is 0 Å². The first-order chi connectivity index (χ1) is 8.36. The number of nitrogens with zero attached hydrogens (tertiary/aromatic N) is 2. The van der Waals surface area contributed by atoms with Gasteiger partial charge in [-0.15, -0.1) is 0 Å². The standard InChI is InChI=1S/C14H25N3/c1-3-17(4-2)13-7-10-15-12-9-14-8-5-6-11-16-14/h5-6,8,11,15H,3-4,7,9-10,12-13H2,1-2H3. The molecule has 0 unspecified atom stereocenters. The van der Waals surface area contributed by atoms with Crippen molar-refractivity contribution in [3.63, 3.8) is 0 Å². The average Bonchev–Trinajstić information content (AvgIpc) is 2.39. The van der Waals surface area contributed by atoms with Crippen LogP contribution < -0.4 is 5.32 Å². The van der Waals surface area contributed by atoms with E-state index in [0.29, 0.717) is 0 Å². The molecule has 0 saturated heterocycles. The van der Waals surface area contributed by atoms with Crippen molar-refractivity contribution in [1.29, 1.82) is 0 Å². The van der Waals surface area contributed by atoms with E-state index in [4.69, 9.17) is 0 Å². The Kier molecular flexibility index (Phi) is 7.60. The number of pyridine rings is 1. The zero-order valence-electron chi connectivity index (χ0n) is 11.2. The molecule has 0 bridgehead atoms. The van der Waals surface area contributed by atoms with Crippen LogP contribution in [0.5, 0.6) is 0 Å². The van der Waals surface area contributed by atoms with Crippen LogP contribution in [0.2, 0.25) is 0 Å². The molecule has 0 atom stereocenters. The van der Waals surface area contributed by atoms with E-state index in [9.17, 15) is 0 Å². The fraction of sp³-hybridized carbons (Fsp3) is 0.643. The van der Waals surface area contributed by atoms with Gasteiger partial charge in [0.15, 0.2) is 0 Å². The van der Waals surface area contributed by atoms with Crippen molar-refractivity contribution in [3.8, 4) is 0 Å². The maximum absolute atomic E-state index is 4.30. The van der Waals surface area contributed by atoms with Gasteiger partial charge in [-0.05, 0) is 44.7 Å². The van der Waals surface area contributed by atoms with E-state index in [2.05, 4.69) is 35.1 Å². The van der Waals surface area contributed by atoms with Gasteiger partial charge in [0.2, 0.25) is 0 Å². The molecule has 1 heterocycles. The molecule has 0 aromatic carbocycles. The molecule has 3 heteroatoms. The molecular weight excluding hydrogens is 210 g/mol. The summed E-state index contributed by atoms with van der Waals surface area (Å²) in [6, 6.07) is 6.08. The predicted molar refractivity (Wildman–Crippen MR) is 73.2 cm³/mol. The van der Waals surface area contributed by atoms with E-state index in [-0.39, 0.29) is 0 Å². The lowest BCUT2D eigenvalue weighted by atomic mass is 10.2. The first-order valence-corrected chi connectivity index (χ1v) is 6.69. The maximum atomic E-state index is 4.30. The van der Waals surface area contributed by atoms with Gasteiger partial charge in [-0.1, -0.05) is 19.9 Å². The summed E-state index contributed by atoms with van der Waals surface area (Å²) < 4.78 is 0. The Hall–Kier alpha value is -0.930. The quantitative estimate of drug-likeness (QED) is 0.663. The third kappa shape index (κ3) is 6.39. The largest absolute Gasteiger partial charge is 0.316 e. The highest BCUT2D eigenvalue weighted by Gasteiger charge is 1.97. The van der Waals surface area contributed by atoms with Crippen molar-refractivity contribution < 1.29 is 0 Å². The molecule has 0 radical (unpaired) electrons. The topological polar surface area (TPSA) is 28.2 Å². The summed E-state index contributed by atoms with van der Waals surface area (Å²) in [6.07, 6.45) is 4.10. The van der Waals surface area contributed by atoms with E-state index < -0.39 is 0 Å². The van der Waals surface area contributed by atoms with Crippen LogP contribution in [-0.2, 0) is 6.42 Å². The van der Waals surface area contributed by atoms with Gasteiger partial charge in [0, 0.05) is 24.9 Å². The maximum Gasteiger partial charge on any atom is 0.0416 e. The average molecular weight is 235 g/mol. The molecule has 0 spiro atoms. The van der Waals surface area contributed by atoms with E-state index in [1.54, 1.807) is 0 Å². The Bertz CT molecular complexity index is 270. The first-order valence-electron chi connectivity index (χ1n) is 6.69. The van der Waals surface area contributed by atoms with E-state index in [1.165, 1.54) is 18.7 Å². The van der Waals surface area contributed by atoms with E-state index >= 15 is 0 Å². The van der Waals surface area contributed by atoms with Crippen LogP contribution in [0.1, 0.15) is 26.0 Å². The number of hydrogen-bond acceptors (Lipinski definition) is 3. The lowest BCUT2D eigenvalue weighted by Crippen LogP contribution is -2.27. The highest BCUT2D eigenvalue weighted by molar-refractivity contribution is 5.03. The molecule has 0 aliphatic rings. The van der Waals surface area contributed by atoms with E-state index in [1.807, 2.05) is 18.3 Å². The molecular formula is C14H25N3. The lowest BCUT2D eigenvalue weighted by Gasteiger charge is -2.17. The first kappa shape index (κ1) is 14.1. The third-order valence-electron chi connectivity index (χ3n) is 3.01. The van der Waals surface area contributed by atoms with Crippen LogP contribution in [0.15, 0.2) is 24.4 Å². The van der Waals surface area contributed by atoms with Crippen LogP contribution in [0.3, 0.4) is 0 Å². The Balaban J connectivity index is 1.98. The van der Waals surface area contributed by atoms with Gasteiger partial charge in [0.05, 0.1) is 0 Å². The highest BCUT2D eigenvalue weighted by Crippen LogP contribution is 1.93. The molecule has 17 heavy (non-hydrogen) atoms. The summed E-state index contributed by atoms with van der Waals surface area (Å²) in [5, 5.41) is 3.47. The van der Waals surface area contributed by atoms with Gasteiger partial charge in [0.25, 0.3) is 0 Å². The minimum Gasteiger partial charge on any atom is -0.316 e. The van der Waals surface area contributed by atoms with Gasteiger partial charge in [0.1, 0.15) is 0 Å². The van der Waals surface area contributed by atoms with Gasteiger partial charge in [-0.2, -0.15) is 0 Å². The molecule has 1 N–H and O–H groups in total. The molecule has 96 valence electrons. The van der Waals surface area contributed by atoms with Crippen LogP contribution >= 0.6 is 0 Å². The third-order valence-corrected chi connectivity index (χ3v) is 3.01. The SMILES string of the molecule is CCN(CC)CCCNCCc1ccccn1. The number of nitrogens with one attached hydrogen (secondary N) is 1. The summed E-state index contributed by atoms with van der Waals surface area (Å²) >= 11 is 0. The second kappa shape index (κ2) is 9.14. The molecule has 0 saturated carbocycles. The zero-order valence-corrected chi connectivity index (χ0v) is 11.2. The molecule has 1 aromatic heterocycles. The van der Waals surface area contributed by atoms with Crippen molar-refractivity contribution in [2.24, 2.45) is 0 Å². The number of aromatic nitrogens is 1. The van der Waals surface area contributed by atoms with Crippen LogP contribution in [0, 0.1) is 0 Å². The van der Waals surface area contributed by atoms with E-state index in [0.717, 1.165) is 32.6 Å². The molecule has 0 fully saturated rings. The molecule has 0 aliphatic carbocycles. The summed E-state index contributed by atoms with van der Waals surface area (Å²) in [7, 11) is 0. The lowest BCUT2D eigenvalue weighted by molar-refractivity contribution is 0.298. The predicted octanol–water partition coefficient (Wildman–Crippen LogP) is 1.95. The Morgan fingerprint density at radius 2 is 2.00 bits per heavy atom. The van der Waals surface area contributed by atoms with Crippen molar-refractivity contribution in [2.45, 2.75) is 26.7 Å². The summed E-state index contributed by atoms with van der Waals surface area (Å²) in [5.74, 6) is 0. The summed E-state index contributed by atoms with van der Waals surface area (Å²) in [4.78, 5) is 6.76. The number of hydrogen-bond donors (Lipinski definition) is 1. The minimum absolute atomic E-state index is 1.02. The molecule has 1 rings (SSSR count). The van der Waals surface area contributed by atoms with Crippen molar-refractivity contribution in [1.82, 2.24) is 15.2 Å². The second-order valence-electron chi connectivity index (χ2n) is 4.20. The van der Waals surface area contributed by atoms with Crippen molar-refractivity contribution in [3.05, 3.63) is 30.1 Å². The smallest absolute Gasteiger partial charge is 0.0416 e. The minimum atomic E-state index is 1.02. The van der Waals surface area contributed by atoms with Gasteiger partial charge < -0.3 is 10.2 Å². The normalized spacial score (nSPS) is 11.0. The molecule has 0 amide bonds. The Morgan fingerprint density at radius 3 is 2.65 bits per heavy atom.